The van der Waals surface area contributed by atoms with Gasteiger partial charge in [-0.05, 0) is 31.2 Å². The largest absolute Gasteiger partial charge is 0.508 e. The summed E-state index contributed by atoms with van der Waals surface area (Å²) in [6, 6.07) is 9.49. The number of benzene rings is 2. The highest BCUT2D eigenvalue weighted by Gasteiger charge is 2.09. The van der Waals surface area contributed by atoms with Crippen molar-refractivity contribution in [2.45, 2.75) is 6.92 Å². The highest BCUT2D eigenvalue weighted by atomic mass is 19.1. The SMILES string of the molecule is Cc1ccc(N)c(-c2ccc(O)cc2F)c1. The van der Waals surface area contributed by atoms with Crippen molar-refractivity contribution in [3.63, 3.8) is 0 Å². The molecular formula is C13H12FNO. The van der Waals surface area contributed by atoms with Crippen molar-refractivity contribution in [1.29, 1.82) is 0 Å². The first-order chi connectivity index (χ1) is 7.58. The molecule has 0 fully saturated rings. The highest BCUT2D eigenvalue weighted by Crippen LogP contribution is 2.30. The van der Waals surface area contributed by atoms with E-state index in [4.69, 9.17) is 10.8 Å². The van der Waals surface area contributed by atoms with Gasteiger partial charge in [0.1, 0.15) is 11.6 Å². The van der Waals surface area contributed by atoms with Crippen LogP contribution < -0.4 is 5.73 Å². The van der Waals surface area contributed by atoms with Crippen LogP contribution in [0, 0.1) is 12.7 Å². The molecule has 2 aromatic rings. The van der Waals surface area contributed by atoms with E-state index in [1.54, 1.807) is 6.07 Å². The average Bonchev–Trinajstić information content (AvgIpc) is 2.22. The molecule has 2 aromatic carbocycles. The van der Waals surface area contributed by atoms with Crippen LogP contribution in [0.4, 0.5) is 10.1 Å². The second-order valence-corrected chi connectivity index (χ2v) is 3.75. The van der Waals surface area contributed by atoms with E-state index in [9.17, 15) is 4.39 Å². The molecule has 0 aliphatic rings. The third kappa shape index (κ3) is 1.84. The van der Waals surface area contributed by atoms with Gasteiger partial charge in [-0.2, -0.15) is 0 Å². The molecule has 0 spiro atoms. The topological polar surface area (TPSA) is 46.2 Å². The van der Waals surface area contributed by atoms with Crippen LogP contribution in [0.5, 0.6) is 5.75 Å². The Morgan fingerprint density at radius 3 is 2.50 bits per heavy atom. The number of halogens is 1. The van der Waals surface area contributed by atoms with Crippen LogP contribution in [0.25, 0.3) is 11.1 Å². The van der Waals surface area contributed by atoms with Crippen molar-refractivity contribution in [2.75, 3.05) is 5.73 Å². The lowest BCUT2D eigenvalue weighted by atomic mass is 10.0. The number of aryl methyl sites for hydroxylation is 1. The first-order valence-corrected chi connectivity index (χ1v) is 4.93. The highest BCUT2D eigenvalue weighted by molar-refractivity contribution is 5.77. The number of phenols is 1. The zero-order chi connectivity index (χ0) is 11.7. The Labute approximate surface area is 93.2 Å². The molecular weight excluding hydrogens is 205 g/mol. The van der Waals surface area contributed by atoms with Gasteiger partial charge in [0, 0.05) is 22.9 Å². The summed E-state index contributed by atoms with van der Waals surface area (Å²) in [6.07, 6.45) is 0. The second-order valence-electron chi connectivity index (χ2n) is 3.75. The van der Waals surface area contributed by atoms with Crippen molar-refractivity contribution in [3.05, 3.63) is 47.8 Å². The molecule has 0 aliphatic carbocycles. The minimum Gasteiger partial charge on any atom is -0.508 e. The maximum Gasteiger partial charge on any atom is 0.134 e. The van der Waals surface area contributed by atoms with Gasteiger partial charge in [-0.25, -0.2) is 4.39 Å². The predicted molar refractivity (Wildman–Crippen MR) is 62.7 cm³/mol. The smallest absolute Gasteiger partial charge is 0.134 e. The molecule has 0 bridgehead atoms. The lowest BCUT2D eigenvalue weighted by Gasteiger charge is -2.08. The third-order valence-electron chi connectivity index (χ3n) is 2.45. The third-order valence-corrected chi connectivity index (χ3v) is 2.45. The molecule has 0 aromatic heterocycles. The molecule has 3 N–H and O–H groups in total. The molecule has 82 valence electrons. The average molecular weight is 217 g/mol. The molecule has 0 saturated carbocycles. The fraction of sp³-hybridized carbons (Fsp3) is 0.0769. The number of hydrogen-bond acceptors (Lipinski definition) is 2. The summed E-state index contributed by atoms with van der Waals surface area (Å²) in [5, 5.41) is 9.14. The van der Waals surface area contributed by atoms with E-state index in [0.29, 0.717) is 16.8 Å². The maximum atomic E-state index is 13.6. The predicted octanol–water partition coefficient (Wildman–Crippen LogP) is 3.09. The van der Waals surface area contributed by atoms with Gasteiger partial charge in [0.15, 0.2) is 0 Å². The molecule has 16 heavy (non-hydrogen) atoms. The summed E-state index contributed by atoms with van der Waals surface area (Å²) in [5.74, 6) is -0.565. The number of rotatable bonds is 1. The Morgan fingerprint density at radius 1 is 1.06 bits per heavy atom. The fourth-order valence-electron chi connectivity index (χ4n) is 1.63. The van der Waals surface area contributed by atoms with E-state index in [0.717, 1.165) is 11.6 Å². The monoisotopic (exact) mass is 217 g/mol. The van der Waals surface area contributed by atoms with Gasteiger partial charge in [0.25, 0.3) is 0 Å². The van der Waals surface area contributed by atoms with Gasteiger partial charge >= 0.3 is 0 Å². The first kappa shape index (κ1) is 10.5. The van der Waals surface area contributed by atoms with Crippen molar-refractivity contribution in [2.24, 2.45) is 0 Å². The molecule has 0 aliphatic heterocycles. The lowest BCUT2D eigenvalue weighted by Crippen LogP contribution is -1.92. The fourth-order valence-corrected chi connectivity index (χ4v) is 1.63. The molecule has 0 amide bonds. The zero-order valence-corrected chi connectivity index (χ0v) is 8.87. The van der Waals surface area contributed by atoms with Crippen molar-refractivity contribution < 1.29 is 9.50 Å². The first-order valence-electron chi connectivity index (χ1n) is 4.93. The number of anilines is 1. The van der Waals surface area contributed by atoms with E-state index >= 15 is 0 Å². The molecule has 0 atom stereocenters. The number of hydrogen-bond donors (Lipinski definition) is 2. The van der Waals surface area contributed by atoms with Crippen LogP contribution in [0.3, 0.4) is 0 Å². The summed E-state index contributed by atoms with van der Waals surface area (Å²) >= 11 is 0. The van der Waals surface area contributed by atoms with Gasteiger partial charge in [0.05, 0.1) is 0 Å². The van der Waals surface area contributed by atoms with E-state index < -0.39 is 5.82 Å². The molecule has 0 saturated heterocycles. The van der Waals surface area contributed by atoms with Crippen molar-refractivity contribution in [1.82, 2.24) is 0 Å². The van der Waals surface area contributed by atoms with Gasteiger partial charge in [-0.3, -0.25) is 0 Å². The van der Waals surface area contributed by atoms with Gasteiger partial charge in [-0.15, -0.1) is 0 Å². The van der Waals surface area contributed by atoms with E-state index in [1.165, 1.54) is 12.1 Å². The molecule has 0 radical (unpaired) electrons. The Morgan fingerprint density at radius 2 is 1.81 bits per heavy atom. The van der Waals surface area contributed by atoms with E-state index in [1.807, 2.05) is 19.1 Å². The van der Waals surface area contributed by atoms with Crippen molar-refractivity contribution >= 4 is 5.69 Å². The quantitative estimate of drug-likeness (QED) is 0.721. The Hall–Kier alpha value is -2.03. The Balaban J connectivity index is 2.62. The van der Waals surface area contributed by atoms with Crippen molar-refractivity contribution in [3.8, 4) is 16.9 Å². The minimum absolute atomic E-state index is 0.0903. The maximum absolute atomic E-state index is 13.6. The van der Waals surface area contributed by atoms with Crippen LogP contribution in [-0.4, -0.2) is 5.11 Å². The Bertz CT molecular complexity index is 537. The number of nitrogens with two attached hydrogens (primary N) is 1. The molecule has 0 heterocycles. The molecule has 2 nitrogen and oxygen atoms in total. The van der Waals surface area contributed by atoms with E-state index in [2.05, 4.69) is 0 Å². The number of phenolic OH excluding ortho intramolecular Hbond substituents is 1. The standard InChI is InChI=1S/C13H12FNO/c1-8-2-5-13(15)11(6-8)10-4-3-9(16)7-12(10)14/h2-7,16H,15H2,1H3. The zero-order valence-electron chi connectivity index (χ0n) is 8.87. The minimum atomic E-state index is -0.475. The summed E-state index contributed by atoms with van der Waals surface area (Å²) in [7, 11) is 0. The molecule has 2 rings (SSSR count). The second kappa shape index (κ2) is 3.85. The molecule has 0 unspecified atom stereocenters. The summed E-state index contributed by atoms with van der Waals surface area (Å²) in [6.45, 7) is 1.92. The van der Waals surface area contributed by atoms with Crippen LogP contribution in [0.1, 0.15) is 5.56 Å². The molecule has 3 heteroatoms. The number of aromatic hydroxyl groups is 1. The van der Waals surface area contributed by atoms with E-state index in [-0.39, 0.29) is 5.75 Å². The normalized spacial score (nSPS) is 10.4. The summed E-state index contributed by atoms with van der Waals surface area (Å²) < 4.78 is 13.6. The lowest BCUT2D eigenvalue weighted by molar-refractivity contribution is 0.469. The van der Waals surface area contributed by atoms with Gasteiger partial charge in [-0.1, -0.05) is 11.6 Å². The van der Waals surface area contributed by atoms with Crippen LogP contribution in [0.2, 0.25) is 0 Å². The van der Waals surface area contributed by atoms with Crippen LogP contribution in [0.15, 0.2) is 36.4 Å². The number of nitrogen functional groups attached to an aromatic ring is 1. The summed E-state index contributed by atoms with van der Waals surface area (Å²) in [4.78, 5) is 0. The van der Waals surface area contributed by atoms with Crippen LogP contribution >= 0.6 is 0 Å². The van der Waals surface area contributed by atoms with Gasteiger partial charge in [0.2, 0.25) is 0 Å². The summed E-state index contributed by atoms with van der Waals surface area (Å²) in [5.41, 5.74) is 8.39. The Kier molecular flexibility index (Phi) is 2.52. The van der Waals surface area contributed by atoms with Gasteiger partial charge < -0.3 is 10.8 Å². The van der Waals surface area contributed by atoms with Crippen LogP contribution in [-0.2, 0) is 0 Å².